The fourth-order valence-electron chi connectivity index (χ4n) is 0.719. The molecule has 4 nitrogen and oxygen atoms in total. The van der Waals surface area contributed by atoms with Crippen LogP contribution in [0.1, 0.15) is 6.92 Å². The number of aliphatic hydroxyl groups is 1. The first-order valence-electron chi connectivity index (χ1n) is 4.37. The number of esters is 1. The van der Waals surface area contributed by atoms with Gasteiger partial charge in [0.05, 0.1) is 19.8 Å². The third-order valence-corrected chi connectivity index (χ3v) is 1.39. The monoisotopic (exact) mass is 200 g/mol. The van der Waals surface area contributed by atoms with Crippen molar-refractivity contribution < 1.29 is 19.4 Å². The number of carbonyl (C=O) groups is 1. The molecule has 0 bridgehead atoms. The molecule has 4 heteroatoms. The van der Waals surface area contributed by atoms with E-state index >= 15 is 0 Å². The molecule has 0 heterocycles. The van der Waals surface area contributed by atoms with Crippen LogP contribution in [-0.4, -0.2) is 37.5 Å². The van der Waals surface area contributed by atoms with E-state index in [-0.39, 0.29) is 25.8 Å². The molecule has 0 fully saturated rings. The lowest BCUT2D eigenvalue weighted by Crippen LogP contribution is -2.12. The van der Waals surface area contributed by atoms with Crippen molar-refractivity contribution in [2.24, 2.45) is 0 Å². The summed E-state index contributed by atoms with van der Waals surface area (Å²) in [6, 6.07) is 0. The van der Waals surface area contributed by atoms with Gasteiger partial charge in [0, 0.05) is 5.57 Å². The van der Waals surface area contributed by atoms with Gasteiger partial charge in [0.25, 0.3) is 0 Å². The fraction of sp³-hybridized carbons (Fsp3) is 0.500. The zero-order valence-corrected chi connectivity index (χ0v) is 8.36. The first-order chi connectivity index (χ1) is 6.72. The molecule has 80 valence electrons. The molecule has 1 N–H and O–H groups in total. The predicted octanol–water partition coefficient (Wildman–Crippen LogP) is 0.671. The Balaban J connectivity index is 3.54. The van der Waals surface area contributed by atoms with Crippen molar-refractivity contribution in [3.05, 3.63) is 24.3 Å². The maximum Gasteiger partial charge on any atom is 0.333 e. The minimum Gasteiger partial charge on any atom is -0.460 e. The SMILES string of the molecule is C=CC=C(C)C(=O)OCCOCCO. The van der Waals surface area contributed by atoms with E-state index in [0.717, 1.165) is 0 Å². The molecule has 0 spiro atoms. The van der Waals surface area contributed by atoms with Gasteiger partial charge in [-0.2, -0.15) is 0 Å². The van der Waals surface area contributed by atoms with E-state index in [4.69, 9.17) is 14.6 Å². The second-order valence-electron chi connectivity index (χ2n) is 2.56. The van der Waals surface area contributed by atoms with Crippen molar-refractivity contribution in [1.29, 1.82) is 0 Å². The summed E-state index contributed by atoms with van der Waals surface area (Å²) >= 11 is 0. The summed E-state index contributed by atoms with van der Waals surface area (Å²) in [5.41, 5.74) is 0.502. The van der Waals surface area contributed by atoms with E-state index in [0.29, 0.717) is 12.2 Å². The molecule has 0 aliphatic carbocycles. The lowest BCUT2D eigenvalue weighted by Gasteiger charge is -2.04. The van der Waals surface area contributed by atoms with Gasteiger partial charge in [-0.05, 0) is 6.92 Å². The van der Waals surface area contributed by atoms with Crippen LogP contribution in [-0.2, 0) is 14.3 Å². The number of aliphatic hydroxyl groups excluding tert-OH is 1. The first kappa shape index (κ1) is 12.9. The molecular formula is C10H16O4. The highest BCUT2D eigenvalue weighted by Gasteiger charge is 2.03. The second-order valence-corrected chi connectivity index (χ2v) is 2.56. The van der Waals surface area contributed by atoms with Gasteiger partial charge in [0.1, 0.15) is 6.61 Å². The highest BCUT2D eigenvalue weighted by Crippen LogP contribution is 1.96. The van der Waals surface area contributed by atoms with E-state index in [9.17, 15) is 4.79 Å². The van der Waals surface area contributed by atoms with Crippen molar-refractivity contribution in [3.8, 4) is 0 Å². The molecule has 0 saturated heterocycles. The fourth-order valence-corrected chi connectivity index (χ4v) is 0.719. The largest absolute Gasteiger partial charge is 0.460 e. The molecule has 0 aromatic heterocycles. The van der Waals surface area contributed by atoms with Gasteiger partial charge in [0.2, 0.25) is 0 Å². The highest BCUT2D eigenvalue weighted by atomic mass is 16.6. The quantitative estimate of drug-likeness (QED) is 0.284. The average molecular weight is 200 g/mol. The maximum atomic E-state index is 11.1. The summed E-state index contributed by atoms with van der Waals surface area (Å²) < 4.78 is 9.75. The van der Waals surface area contributed by atoms with Gasteiger partial charge in [0.15, 0.2) is 0 Å². The van der Waals surface area contributed by atoms with E-state index in [2.05, 4.69) is 6.58 Å². The highest BCUT2D eigenvalue weighted by molar-refractivity contribution is 5.88. The van der Waals surface area contributed by atoms with E-state index < -0.39 is 0 Å². The molecule has 0 aromatic rings. The summed E-state index contributed by atoms with van der Waals surface area (Å²) in [4.78, 5) is 11.1. The maximum absolute atomic E-state index is 11.1. The van der Waals surface area contributed by atoms with Gasteiger partial charge in [-0.1, -0.05) is 18.7 Å². The van der Waals surface area contributed by atoms with Crippen LogP contribution in [0.25, 0.3) is 0 Å². The Bertz CT molecular complexity index is 208. The number of hydrogen-bond acceptors (Lipinski definition) is 4. The van der Waals surface area contributed by atoms with Crippen molar-refractivity contribution in [1.82, 2.24) is 0 Å². The topological polar surface area (TPSA) is 55.8 Å². The van der Waals surface area contributed by atoms with Crippen LogP contribution in [0.5, 0.6) is 0 Å². The zero-order valence-electron chi connectivity index (χ0n) is 8.36. The van der Waals surface area contributed by atoms with Crippen molar-refractivity contribution >= 4 is 5.97 Å². The van der Waals surface area contributed by atoms with Crippen LogP contribution in [0, 0.1) is 0 Å². The molecule has 14 heavy (non-hydrogen) atoms. The van der Waals surface area contributed by atoms with Gasteiger partial charge in [-0.25, -0.2) is 4.79 Å². The standard InChI is InChI=1S/C10H16O4/c1-3-4-9(2)10(12)14-8-7-13-6-5-11/h3-4,11H,1,5-8H2,2H3. The molecule has 0 aliphatic heterocycles. The van der Waals surface area contributed by atoms with E-state index in [1.54, 1.807) is 13.0 Å². The molecule has 0 amide bonds. The van der Waals surface area contributed by atoms with Crippen molar-refractivity contribution in [2.75, 3.05) is 26.4 Å². The molecule has 0 radical (unpaired) electrons. The molecule has 0 rings (SSSR count). The van der Waals surface area contributed by atoms with Gasteiger partial charge in [-0.15, -0.1) is 0 Å². The molecule has 0 atom stereocenters. The lowest BCUT2D eigenvalue weighted by molar-refractivity contribution is -0.140. The number of allylic oxidation sites excluding steroid dienone is 2. The molecule has 0 saturated carbocycles. The van der Waals surface area contributed by atoms with E-state index in [1.165, 1.54) is 6.08 Å². The Labute approximate surface area is 83.8 Å². The first-order valence-corrected chi connectivity index (χ1v) is 4.37. The molecular weight excluding hydrogens is 184 g/mol. The van der Waals surface area contributed by atoms with Crippen LogP contribution in [0.2, 0.25) is 0 Å². The van der Waals surface area contributed by atoms with Gasteiger partial charge in [-0.3, -0.25) is 0 Å². The number of carbonyl (C=O) groups excluding carboxylic acids is 1. The Kier molecular flexibility index (Phi) is 7.78. The minimum absolute atomic E-state index is 0.0245. The van der Waals surface area contributed by atoms with Crippen molar-refractivity contribution in [2.45, 2.75) is 6.92 Å². The van der Waals surface area contributed by atoms with E-state index in [1.807, 2.05) is 0 Å². The second kappa shape index (κ2) is 8.47. The van der Waals surface area contributed by atoms with Crippen LogP contribution < -0.4 is 0 Å². The lowest BCUT2D eigenvalue weighted by atomic mass is 10.3. The van der Waals surface area contributed by atoms with Crippen molar-refractivity contribution in [3.63, 3.8) is 0 Å². The van der Waals surface area contributed by atoms with Crippen LogP contribution in [0.15, 0.2) is 24.3 Å². The van der Waals surface area contributed by atoms with Gasteiger partial charge >= 0.3 is 5.97 Å². The minimum atomic E-state index is -0.377. The number of rotatable bonds is 7. The third kappa shape index (κ3) is 6.39. The summed E-state index contributed by atoms with van der Waals surface area (Å²) in [7, 11) is 0. The Morgan fingerprint density at radius 2 is 2.14 bits per heavy atom. The average Bonchev–Trinajstić information content (AvgIpc) is 2.17. The zero-order chi connectivity index (χ0) is 10.8. The Hall–Kier alpha value is -1.13. The third-order valence-electron chi connectivity index (χ3n) is 1.39. The molecule has 0 aliphatic rings. The molecule has 0 aromatic carbocycles. The summed E-state index contributed by atoms with van der Waals surface area (Å²) in [6.45, 7) is 5.85. The van der Waals surface area contributed by atoms with Crippen LogP contribution >= 0.6 is 0 Å². The summed E-state index contributed by atoms with van der Waals surface area (Å²) in [5.74, 6) is -0.377. The normalized spacial score (nSPS) is 11.1. The predicted molar refractivity (Wildman–Crippen MR) is 52.8 cm³/mol. The summed E-state index contributed by atoms with van der Waals surface area (Å²) in [6.07, 6.45) is 3.11. The Morgan fingerprint density at radius 3 is 2.71 bits per heavy atom. The summed E-state index contributed by atoms with van der Waals surface area (Å²) in [5, 5.41) is 8.38. The number of ether oxygens (including phenoxy) is 2. The van der Waals surface area contributed by atoms with Gasteiger partial charge < -0.3 is 14.6 Å². The molecule has 0 unspecified atom stereocenters. The number of hydrogen-bond donors (Lipinski definition) is 1. The smallest absolute Gasteiger partial charge is 0.333 e. The Morgan fingerprint density at radius 1 is 1.43 bits per heavy atom. The van der Waals surface area contributed by atoms with Crippen LogP contribution in [0.3, 0.4) is 0 Å². The van der Waals surface area contributed by atoms with Crippen LogP contribution in [0.4, 0.5) is 0 Å².